The van der Waals surface area contributed by atoms with Crippen LogP contribution in [0.1, 0.15) is 24.4 Å². The van der Waals surface area contributed by atoms with E-state index >= 15 is 0 Å². The normalized spacial score (nSPS) is 18.3. The minimum Gasteiger partial charge on any atom is -0.284 e. The molecule has 0 radical (unpaired) electrons. The molecule has 2 nitrogen and oxygen atoms in total. The zero-order chi connectivity index (χ0) is 11.5. The average molecular weight is 283 g/mol. The highest BCUT2D eigenvalue weighted by Gasteiger charge is 2.24. The third kappa shape index (κ3) is 2.26. The summed E-state index contributed by atoms with van der Waals surface area (Å²) in [6, 6.07) is 6.41. The number of halogens is 2. The topological polar surface area (TPSA) is 27.0 Å². The second-order valence-corrected chi connectivity index (χ2v) is 4.79. The molecule has 1 aromatic rings. The molecule has 1 aliphatic rings. The molecule has 84 valence electrons. The standard InChI is InChI=1S/C12H12BrFN2/c13-11-4-3-9(14)7-10(11)12(8-15)16-5-1-2-6-16/h3-4,7,12H,1-2,5-6H2. The minimum atomic E-state index is -0.340. The number of rotatable bonds is 2. The Kier molecular flexibility index (Phi) is 3.57. The first kappa shape index (κ1) is 11.6. The van der Waals surface area contributed by atoms with Crippen LogP contribution >= 0.6 is 15.9 Å². The van der Waals surface area contributed by atoms with Gasteiger partial charge in [0.2, 0.25) is 0 Å². The molecule has 1 aromatic carbocycles. The SMILES string of the molecule is N#CC(c1cc(F)ccc1Br)N1CCCC1. The molecule has 0 aliphatic carbocycles. The molecule has 1 unspecified atom stereocenters. The van der Waals surface area contributed by atoms with E-state index in [1.165, 1.54) is 12.1 Å². The van der Waals surface area contributed by atoms with Gasteiger partial charge in [0.25, 0.3) is 0 Å². The number of nitriles is 1. The highest BCUT2D eigenvalue weighted by atomic mass is 79.9. The molecule has 0 N–H and O–H groups in total. The van der Waals surface area contributed by atoms with Gasteiger partial charge in [-0.15, -0.1) is 0 Å². The van der Waals surface area contributed by atoms with Gasteiger partial charge in [0.15, 0.2) is 0 Å². The zero-order valence-electron chi connectivity index (χ0n) is 8.79. The first-order chi connectivity index (χ1) is 7.72. The minimum absolute atomic E-state index is 0.294. The van der Waals surface area contributed by atoms with Gasteiger partial charge in [0.05, 0.1) is 6.07 Å². The third-order valence-electron chi connectivity index (χ3n) is 2.88. The molecule has 1 aliphatic heterocycles. The van der Waals surface area contributed by atoms with Crippen LogP contribution in [0.15, 0.2) is 22.7 Å². The van der Waals surface area contributed by atoms with Gasteiger partial charge in [-0.25, -0.2) is 4.39 Å². The predicted molar refractivity (Wildman–Crippen MR) is 63.3 cm³/mol. The summed E-state index contributed by atoms with van der Waals surface area (Å²) in [7, 11) is 0. The van der Waals surface area contributed by atoms with Crippen molar-refractivity contribution in [3.63, 3.8) is 0 Å². The summed E-state index contributed by atoms with van der Waals surface area (Å²) in [4.78, 5) is 2.10. The highest BCUT2D eigenvalue weighted by Crippen LogP contribution is 2.30. The van der Waals surface area contributed by atoms with Gasteiger partial charge in [0, 0.05) is 10.0 Å². The van der Waals surface area contributed by atoms with E-state index < -0.39 is 0 Å². The molecular weight excluding hydrogens is 271 g/mol. The number of likely N-dealkylation sites (tertiary alicyclic amines) is 1. The second kappa shape index (κ2) is 4.94. The summed E-state index contributed by atoms with van der Waals surface area (Å²) in [6.07, 6.45) is 2.23. The number of nitrogens with zero attached hydrogens (tertiary/aromatic N) is 2. The van der Waals surface area contributed by atoms with Crippen LogP contribution in [0.2, 0.25) is 0 Å². The number of benzene rings is 1. The Morgan fingerprint density at radius 2 is 2.06 bits per heavy atom. The maximum absolute atomic E-state index is 13.2. The van der Waals surface area contributed by atoms with Gasteiger partial charge in [0.1, 0.15) is 11.9 Å². The van der Waals surface area contributed by atoms with Crippen LogP contribution in [0.3, 0.4) is 0 Å². The third-order valence-corrected chi connectivity index (χ3v) is 3.60. The van der Waals surface area contributed by atoms with Crippen LogP contribution in [-0.4, -0.2) is 18.0 Å². The Bertz CT molecular complexity index is 422. The summed E-state index contributed by atoms with van der Waals surface area (Å²) >= 11 is 3.37. The van der Waals surface area contributed by atoms with Gasteiger partial charge < -0.3 is 0 Å². The maximum atomic E-state index is 13.2. The van der Waals surface area contributed by atoms with E-state index in [2.05, 4.69) is 26.9 Å². The fraction of sp³-hybridized carbons (Fsp3) is 0.417. The van der Waals surface area contributed by atoms with E-state index in [9.17, 15) is 9.65 Å². The Morgan fingerprint density at radius 1 is 1.38 bits per heavy atom. The van der Waals surface area contributed by atoms with Crippen molar-refractivity contribution in [3.05, 3.63) is 34.1 Å². The lowest BCUT2D eigenvalue weighted by atomic mass is 10.1. The molecule has 4 heteroatoms. The molecule has 0 bridgehead atoms. The van der Waals surface area contributed by atoms with E-state index in [4.69, 9.17) is 0 Å². The fourth-order valence-corrected chi connectivity index (χ4v) is 2.54. The second-order valence-electron chi connectivity index (χ2n) is 3.94. The molecule has 0 spiro atoms. The quantitative estimate of drug-likeness (QED) is 0.833. The Morgan fingerprint density at radius 3 is 2.69 bits per heavy atom. The summed E-state index contributed by atoms with van der Waals surface area (Å²) in [5, 5.41) is 9.22. The summed E-state index contributed by atoms with van der Waals surface area (Å²) in [5.74, 6) is -0.294. The van der Waals surface area contributed by atoms with Crippen LogP contribution in [0, 0.1) is 17.1 Å². The van der Waals surface area contributed by atoms with E-state index in [0.717, 1.165) is 36.0 Å². The van der Waals surface area contributed by atoms with Gasteiger partial charge in [-0.2, -0.15) is 5.26 Å². The van der Waals surface area contributed by atoms with Crippen molar-refractivity contribution < 1.29 is 4.39 Å². The molecule has 2 rings (SSSR count). The predicted octanol–water partition coefficient (Wildman–Crippen LogP) is 3.25. The van der Waals surface area contributed by atoms with Crippen LogP contribution in [0.5, 0.6) is 0 Å². The smallest absolute Gasteiger partial charge is 0.125 e. The van der Waals surface area contributed by atoms with E-state index in [0.29, 0.717) is 0 Å². The highest BCUT2D eigenvalue weighted by molar-refractivity contribution is 9.10. The first-order valence-corrected chi connectivity index (χ1v) is 6.10. The molecule has 0 aromatic heterocycles. The van der Waals surface area contributed by atoms with Gasteiger partial charge in [-0.05, 0) is 44.1 Å². The Hall–Kier alpha value is -0.920. The number of hydrogen-bond donors (Lipinski definition) is 0. The zero-order valence-corrected chi connectivity index (χ0v) is 10.4. The molecule has 0 amide bonds. The molecular formula is C12H12BrFN2. The van der Waals surface area contributed by atoms with Crippen molar-refractivity contribution in [2.45, 2.75) is 18.9 Å². The molecule has 1 saturated heterocycles. The summed E-state index contributed by atoms with van der Waals surface area (Å²) < 4.78 is 14.0. The largest absolute Gasteiger partial charge is 0.284 e. The lowest BCUT2D eigenvalue weighted by Gasteiger charge is -2.22. The monoisotopic (exact) mass is 282 g/mol. The van der Waals surface area contributed by atoms with Crippen molar-refractivity contribution in [1.29, 1.82) is 5.26 Å². The Labute approximate surface area is 103 Å². The van der Waals surface area contributed by atoms with E-state index in [-0.39, 0.29) is 11.9 Å². The van der Waals surface area contributed by atoms with Gasteiger partial charge >= 0.3 is 0 Å². The lowest BCUT2D eigenvalue weighted by molar-refractivity contribution is 0.293. The first-order valence-electron chi connectivity index (χ1n) is 5.31. The molecule has 1 fully saturated rings. The lowest BCUT2D eigenvalue weighted by Crippen LogP contribution is -2.24. The maximum Gasteiger partial charge on any atom is 0.125 e. The van der Waals surface area contributed by atoms with Crippen LogP contribution in [-0.2, 0) is 0 Å². The van der Waals surface area contributed by atoms with Gasteiger partial charge in [-0.3, -0.25) is 4.90 Å². The fourth-order valence-electron chi connectivity index (χ4n) is 2.07. The Balaban J connectivity index is 2.32. The molecule has 1 heterocycles. The number of hydrogen-bond acceptors (Lipinski definition) is 2. The van der Waals surface area contributed by atoms with Crippen molar-refractivity contribution in [1.82, 2.24) is 4.90 Å². The van der Waals surface area contributed by atoms with Crippen molar-refractivity contribution in [2.24, 2.45) is 0 Å². The van der Waals surface area contributed by atoms with Crippen LogP contribution in [0.4, 0.5) is 4.39 Å². The molecule has 1 atom stereocenters. The van der Waals surface area contributed by atoms with Gasteiger partial charge in [-0.1, -0.05) is 15.9 Å². The van der Waals surface area contributed by atoms with Crippen molar-refractivity contribution in [2.75, 3.05) is 13.1 Å². The summed E-state index contributed by atoms with van der Waals surface area (Å²) in [6.45, 7) is 1.84. The average Bonchev–Trinajstić information content (AvgIpc) is 2.78. The van der Waals surface area contributed by atoms with E-state index in [1.54, 1.807) is 6.07 Å². The van der Waals surface area contributed by atoms with E-state index in [1.807, 2.05) is 0 Å². The van der Waals surface area contributed by atoms with Crippen LogP contribution in [0.25, 0.3) is 0 Å². The molecule has 16 heavy (non-hydrogen) atoms. The van der Waals surface area contributed by atoms with Crippen molar-refractivity contribution >= 4 is 15.9 Å². The summed E-state index contributed by atoms with van der Waals surface area (Å²) in [5.41, 5.74) is 0.726. The molecule has 0 saturated carbocycles. The van der Waals surface area contributed by atoms with Crippen molar-refractivity contribution in [3.8, 4) is 6.07 Å². The van der Waals surface area contributed by atoms with Crippen LogP contribution < -0.4 is 0 Å².